The van der Waals surface area contributed by atoms with Crippen LogP contribution in [0.4, 0.5) is 0 Å². The normalized spacial score (nSPS) is 14.0. The number of nitriles is 1. The standard InChI is InChI=1S/C16H18N2O4/c1-20-13-7-10(8-14(21-2)15(13)22-3)6-11(9-17)16(19)18-12-4-5-12/h6-8,12H,4-5H2,1-3H3,(H,18,19)/b11-6+. The predicted octanol–water partition coefficient (Wildman–Crippen LogP) is 1.90. The number of hydrogen-bond donors (Lipinski definition) is 1. The first-order valence-corrected chi connectivity index (χ1v) is 6.85. The molecule has 1 aromatic carbocycles. The van der Waals surface area contributed by atoms with E-state index in [9.17, 15) is 10.1 Å². The predicted molar refractivity (Wildman–Crippen MR) is 80.9 cm³/mol. The molecule has 2 rings (SSSR count). The third-order valence-corrected chi connectivity index (χ3v) is 3.28. The first-order chi connectivity index (χ1) is 10.6. The van der Waals surface area contributed by atoms with Crippen LogP contribution in [-0.2, 0) is 4.79 Å². The minimum Gasteiger partial charge on any atom is -0.493 e. The van der Waals surface area contributed by atoms with Crippen LogP contribution >= 0.6 is 0 Å². The second kappa shape index (κ2) is 6.85. The number of carbonyl (C=O) groups excluding carboxylic acids is 1. The van der Waals surface area contributed by atoms with Gasteiger partial charge in [-0.15, -0.1) is 0 Å². The van der Waals surface area contributed by atoms with E-state index in [1.54, 1.807) is 12.1 Å². The van der Waals surface area contributed by atoms with Gasteiger partial charge in [-0.3, -0.25) is 4.79 Å². The third-order valence-electron chi connectivity index (χ3n) is 3.28. The van der Waals surface area contributed by atoms with Gasteiger partial charge in [0.05, 0.1) is 21.3 Å². The van der Waals surface area contributed by atoms with E-state index in [0.717, 1.165) is 12.8 Å². The molecule has 116 valence electrons. The second-order valence-corrected chi connectivity index (χ2v) is 4.88. The van der Waals surface area contributed by atoms with Crippen molar-refractivity contribution in [2.24, 2.45) is 0 Å². The minimum atomic E-state index is -0.362. The van der Waals surface area contributed by atoms with Crippen molar-refractivity contribution in [3.8, 4) is 23.3 Å². The molecule has 0 bridgehead atoms. The van der Waals surface area contributed by atoms with E-state index < -0.39 is 0 Å². The van der Waals surface area contributed by atoms with Crippen LogP contribution in [0.3, 0.4) is 0 Å². The van der Waals surface area contributed by atoms with Gasteiger partial charge in [-0.05, 0) is 36.6 Å². The molecule has 0 aromatic heterocycles. The van der Waals surface area contributed by atoms with Crippen molar-refractivity contribution >= 4 is 12.0 Å². The van der Waals surface area contributed by atoms with Crippen LogP contribution in [0.25, 0.3) is 6.08 Å². The summed E-state index contributed by atoms with van der Waals surface area (Å²) in [5.74, 6) is 1.03. The Morgan fingerprint density at radius 2 is 1.82 bits per heavy atom. The monoisotopic (exact) mass is 302 g/mol. The molecule has 0 heterocycles. The van der Waals surface area contributed by atoms with Crippen LogP contribution in [-0.4, -0.2) is 33.3 Å². The Morgan fingerprint density at radius 1 is 1.23 bits per heavy atom. The van der Waals surface area contributed by atoms with E-state index in [2.05, 4.69) is 5.32 Å². The van der Waals surface area contributed by atoms with Gasteiger partial charge in [0.1, 0.15) is 11.6 Å². The molecule has 6 nitrogen and oxygen atoms in total. The molecule has 0 saturated heterocycles. The van der Waals surface area contributed by atoms with E-state index in [0.29, 0.717) is 22.8 Å². The summed E-state index contributed by atoms with van der Waals surface area (Å²) < 4.78 is 15.7. The lowest BCUT2D eigenvalue weighted by Crippen LogP contribution is -2.26. The number of nitrogens with zero attached hydrogens (tertiary/aromatic N) is 1. The van der Waals surface area contributed by atoms with E-state index >= 15 is 0 Å². The van der Waals surface area contributed by atoms with E-state index in [1.165, 1.54) is 27.4 Å². The van der Waals surface area contributed by atoms with E-state index in [-0.39, 0.29) is 17.5 Å². The Labute approximate surface area is 129 Å². The number of nitrogens with one attached hydrogen (secondary N) is 1. The van der Waals surface area contributed by atoms with Crippen molar-refractivity contribution in [1.82, 2.24) is 5.32 Å². The number of carbonyl (C=O) groups is 1. The van der Waals surface area contributed by atoms with Crippen molar-refractivity contribution in [2.45, 2.75) is 18.9 Å². The average molecular weight is 302 g/mol. The van der Waals surface area contributed by atoms with Gasteiger partial charge in [0.15, 0.2) is 11.5 Å². The summed E-state index contributed by atoms with van der Waals surface area (Å²) in [4.78, 5) is 12.0. The van der Waals surface area contributed by atoms with Gasteiger partial charge in [0.25, 0.3) is 5.91 Å². The molecule has 1 N–H and O–H groups in total. The summed E-state index contributed by atoms with van der Waals surface area (Å²) in [7, 11) is 4.53. The van der Waals surface area contributed by atoms with Crippen LogP contribution in [0.2, 0.25) is 0 Å². The van der Waals surface area contributed by atoms with Gasteiger partial charge in [-0.2, -0.15) is 5.26 Å². The molecule has 0 atom stereocenters. The quantitative estimate of drug-likeness (QED) is 0.641. The highest BCUT2D eigenvalue weighted by atomic mass is 16.5. The highest BCUT2D eigenvalue weighted by molar-refractivity contribution is 6.02. The lowest BCUT2D eigenvalue weighted by atomic mass is 10.1. The molecule has 0 radical (unpaired) electrons. The first kappa shape index (κ1) is 15.7. The Bertz CT molecular complexity index is 617. The van der Waals surface area contributed by atoms with Crippen molar-refractivity contribution in [2.75, 3.05) is 21.3 Å². The molecular weight excluding hydrogens is 284 g/mol. The Hall–Kier alpha value is -2.68. The van der Waals surface area contributed by atoms with Crippen LogP contribution in [0.15, 0.2) is 17.7 Å². The van der Waals surface area contributed by atoms with E-state index in [4.69, 9.17) is 14.2 Å². The Kier molecular flexibility index (Phi) is 4.89. The maximum Gasteiger partial charge on any atom is 0.262 e. The van der Waals surface area contributed by atoms with E-state index in [1.807, 2.05) is 6.07 Å². The van der Waals surface area contributed by atoms with Gasteiger partial charge in [-0.25, -0.2) is 0 Å². The smallest absolute Gasteiger partial charge is 0.262 e. The Balaban J connectivity index is 2.35. The topological polar surface area (TPSA) is 80.6 Å². The van der Waals surface area contributed by atoms with Gasteiger partial charge < -0.3 is 19.5 Å². The minimum absolute atomic E-state index is 0.0428. The summed E-state index contributed by atoms with van der Waals surface area (Å²) >= 11 is 0. The summed E-state index contributed by atoms with van der Waals surface area (Å²) in [6.07, 6.45) is 3.44. The number of benzene rings is 1. The highest BCUT2D eigenvalue weighted by Crippen LogP contribution is 2.38. The van der Waals surface area contributed by atoms with Gasteiger partial charge in [0, 0.05) is 6.04 Å². The summed E-state index contributed by atoms with van der Waals surface area (Å²) in [5, 5.41) is 12.0. The van der Waals surface area contributed by atoms with Crippen LogP contribution in [0.5, 0.6) is 17.2 Å². The second-order valence-electron chi connectivity index (χ2n) is 4.88. The molecule has 0 spiro atoms. The van der Waals surface area contributed by atoms with Gasteiger partial charge in [0.2, 0.25) is 5.75 Å². The lowest BCUT2D eigenvalue weighted by molar-refractivity contribution is -0.117. The average Bonchev–Trinajstić information content (AvgIpc) is 3.35. The molecule has 1 fully saturated rings. The van der Waals surface area contributed by atoms with Crippen LogP contribution in [0.1, 0.15) is 18.4 Å². The molecule has 6 heteroatoms. The van der Waals surface area contributed by atoms with Gasteiger partial charge in [-0.1, -0.05) is 0 Å². The molecular formula is C16H18N2O4. The molecule has 0 unspecified atom stereocenters. The largest absolute Gasteiger partial charge is 0.493 e. The van der Waals surface area contributed by atoms with Crippen molar-refractivity contribution in [3.05, 3.63) is 23.3 Å². The summed E-state index contributed by atoms with van der Waals surface area (Å²) in [5.41, 5.74) is 0.665. The molecule has 1 aliphatic rings. The lowest BCUT2D eigenvalue weighted by Gasteiger charge is -2.13. The maximum atomic E-state index is 12.0. The van der Waals surface area contributed by atoms with Crippen LogP contribution in [0, 0.1) is 11.3 Å². The molecule has 0 aliphatic heterocycles. The molecule has 1 aliphatic carbocycles. The highest BCUT2D eigenvalue weighted by Gasteiger charge is 2.24. The zero-order valence-corrected chi connectivity index (χ0v) is 12.8. The summed E-state index contributed by atoms with van der Waals surface area (Å²) in [6, 6.07) is 5.49. The fourth-order valence-corrected chi connectivity index (χ4v) is 1.99. The maximum absolute atomic E-state index is 12.0. The summed E-state index contributed by atoms with van der Waals surface area (Å²) in [6.45, 7) is 0. The van der Waals surface area contributed by atoms with Crippen molar-refractivity contribution in [1.29, 1.82) is 5.26 Å². The molecule has 1 saturated carbocycles. The zero-order valence-electron chi connectivity index (χ0n) is 12.8. The molecule has 22 heavy (non-hydrogen) atoms. The number of ether oxygens (including phenoxy) is 3. The van der Waals surface area contributed by atoms with Crippen LogP contribution < -0.4 is 19.5 Å². The fraction of sp³-hybridized carbons (Fsp3) is 0.375. The third kappa shape index (κ3) is 3.50. The molecule has 1 amide bonds. The van der Waals surface area contributed by atoms with Gasteiger partial charge >= 0.3 is 0 Å². The fourth-order valence-electron chi connectivity index (χ4n) is 1.99. The zero-order chi connectivity index (χ0) is 16.1. The first-order valence-electron chi connectivity index (χ1n) is 6.85. The number of hydrogen-bond acceptors (Lipinski definition) is 5. The number of amides is 1. The number of methoxy groups -OCH3 is 3. The molecule has 1 aromatic rings. The SMILES string of the molecule is COc1cc(/C=C(\C#N)C(=O)NC2CC2)cc(OC)c1OC. The van der Waals surface area contributed by atoms with Crippen molar-refractivity contribution in [3.63, 3.8) is 0 Å². The van der Waals surface area contributed by atoms with Crippen molar-refractivity contribution < 1.29 is 19.0 Å². The Morgan fingerprint density at radius 3 is 2.23 bits per heavy atom. The number of rotatable bonds is 6.